The highest BCUT2D eigenvalue weighted by molar-refractivity contribution is 7.09. The van der Waals surface area contributed by atoms with Crippen LogP contribution in [0.15, 0.2) is 17.9 Å². The van der Waals surface area contributed by atoms with Crippen LogP contribution >= 0.6 is 11.3 Å². The highest BCUT2D eigenvalue weighted by Crippen LogP contribution is 2.47. The Morgan fingerprint density at radius 1 is 1.48 bits per heavy atom. The predicted octanol–water partition coefficient (Wildman–Crippen LogP) is 2.33. The summed E-state index contributed by atoms with van der Waals surface area (Å²) >= 11 is 1.64. The average molecular weight is 359 g/mol. The second-order valence-corrected chi connectivity index (χ2v) is 8.58. The molecule has 6 nitrogen and oxygen atoms in total. The lowest BCUT2D eigenvalue weighted by Gasteiger charge is -2.27. The molecule has 4 rings (SSSR count). The van der Waals surface area contributed by atoms with E-state index in [4.69, 9.17) is 0 Å². The van der Waals surface area contributed by atoms with E-state index in [1.807, 2.05) is 18.2 Å². The first-order chi connectivity index (χ1) is 12.0. The maximum Gasteiger partial charge on any atom is 0.231 e. The van der Waals surface area contributed by atoms with Gasteiger partial charge in [-0.15, -0.1) is 11.3 Å². The van der Waals surface area contributed by atoms with E-state index in [2.05, 4.69) is 45.3 Å². The molecule has 2 saturated heterocycles. The van der Waals surface area contributed by atoms with Crippen LogP contribution in [0.3, 0.4) is 0 Å². The standard InChI is InChI=1S/C18H25N5OS/c1-12(2)23-8-16(20-11-23)15-6-19-10-18(15)4-5-22(17(18)24)7-14-9-25-13(3)21-14/h8-9,11-12,15,19H,4-7,10H2,1-3H3/t15-,18+/m0/s1. The van der Waals surface area contributed by atoms with Gasteiger partial charge in [0.2, 0.25) is 5.91 Å². The highest BCUT2D eigenvalue weighted by atomic mass is 32.1. The summed E-state index contributed by atoms with van der Waals surface area (Å²) in [6.45, 7) is 9.29. The lowest BCUT2D eigenvalue weighted by molar-refractivity contribution is -0.136. The average Bonchev–Trinajstić information content (AvgIpc) is 3.33. The van der Waals surface area contributed by atoms with Gasteiger partial charge in [0.1, 0.15) is 0 Å². The van der Waals surface area contributed by atoms with Gasteiger partial charge < -0.3 is 14.8 Å². The Kier molecular flexibility index (Phi) is 4.16. The van der Waals surface area contributed by atoms with E-state index in [-0.39, 0.29) is 17.2 Å². The molecule has 2 atom stereocenters. The van der Waals surface area contributed by atoms with Gasteiger partial charge in [-0.25, -0.2) is 9.97 Å². The molecule has 2 aliphatic heterocycles. The summed E-state index contributed by atoms with van der Waals surface area (Å²) in [5.74, 6) is 0.412. The normalized spacial score (nSPS) is 26.5. The van der Waals surface area contributed by atoms with E-state index in [9.17, 15) is 4.79 Å². The van der Waals surface area contributed by atoms with Crippen LogP contribution in [-0.4, -0.2) is 45.0 Å². The third-order valence-corrected chi connectivity index (χ3v) is 6.41. The van der Waals surface area contributed by atoms with Crippen LogP contribution in [0, 0.1) is 12.3 Å². The molecule has 0 aliphatic carbocycles. The Bertz CT molecular complexity index is 782. The van der Waals surface area contributed by atoms with Crippen molar-refractivity contribution in [2.75, 3.05) is 19.6 Å². The van der Waals surface area contributed by atoms with Gasteiger partial charge in [0.25, 0.3) is 0 Å². The van der Waals surface area contributed by atoms with Crippen LogP contribution < -0.4 is 5.32 Å². The minimum atomic E-state index is -0.346. The largest absolute Gasteiger partial charge is 0.336 e. The molecule has 0 aromatic carbocycles. The molecule has 2 aromatic heterocycles. The second kappa shape index (κ2) is 6.21. The number of hydrogen-bond donors (Lipinski definition) is 1. The molecule has 1 N–H and O–H groups in total. The SMILES string of the molecule is Cc1nc(CN2CC[C@]3(CNC[C@H]3c3cn(C(C)C)cn3)C2=O)cs1. The monoisotopic (exact) mass is 359 g/mol. The van der Waals surface area contributed by atoms with Crippen molar-refractivity contribution in [3.8, 4) is 0 Å². The number of rotatable bonds is 4. The van der Waals surface area contributed by atoms with Crippen molar-refractivity contribution in [3.63, 3.8) is 0 Å². The van der Waals surface area contributed by atoms with Gasteiger partial charge in [-0.05, 0) is 27.2 Å². The van der Waals surface area contributed by atoms with E-state index in [0.717, 1.165) is 42.5 Å². The molecule has 0 radical (unpaired) electrons. The van der Waals surface area contributed by atoms with Gasteiger partial charge in [-0.1, -0.05) is 0 Å². The van der Waals surface area contributed by atoms with Crippen LogP contribution in [-0.2, 0) is 11.3 Å². The molecule has 0 unspecified atom stereocenters. The van der Waals surface area contributed by atoms with Crippen molar-refractivity contribution in [1.29, 1.82) is 0 Å². The first-order valence-electron chi connectivity index (χ1n) is 8.94. The van der Waals surface area contributed by atoms with E-state index in [1.165, 1.54) is 0 Å². The lowest BCUT2D eigenvalue weighted by Crippen LogP contribution is -2.39. The second-order valence-electron chi connectivity index (χ2n) is 7.51. The maximum atomic E-state index is 13.3. The van der Waals surface area contributed by atoms with Gasteiger partial charge >= 0.3 is 0 Å². The van der Waals surface area contributed by atoms with Gasteiger partial charge in [0, 0.05) is 43.2 Å². The molecule has 1 amide bonds. The number of carbonyl (C=O) groups is 1. The fraction of sp³-hybridized carbons (Fsp3) is 0.611. The number of thiazole rings is 1. The molecule has 0 saturated carbocycles. The molecule has 2 fully saturated rings. The van der Waals surface area contributed by atoms with Crippen LogP contribution in [0.25, 0.3) is 0 Å². The molecule has 0 bridgehead atoms. The Hall–Kier alpha value is -1.73. The molecule has 7 heteroatoms. The number of aromatic nitrogens is 3. The Morgan fingerprint density at radius 2 is 2.32 bits per heavy atom. The molecular formula is C18H25N5OS. The molecular weight excluding hydrogens is 334 g/mol. The third kappa shape index (κ3) is 2.79. The topological polar surface area (TPSA) is 63.1 Å². The number of carbonyl (C=O) groups excluding carboxylic acids is 1. The fourth-order valence-corrected chi connectivity index (χ4v) is 4.74. The van der Waals surface area contributed by atoms with Crippen molar-refractivity contribution in [3.05, 3.63) is 34.3 Å². The summed E-state index contributed by atoms with van der Waals surface area (Å²) < 4.78 is 2.12. The quantitative estimate of drug-likeness (QED) is 0.910. The molecule has 4 heterocycles. The number of imidazole rings is 1. The van der Waals surface area contributed by atoms with Crippen LogP contribution in [0.5, 0.6) is 0 Å². The number of nitrogens with one attached hydrogen (secondary N) is 1. The minimum Gasteiger partial charge on any atom is -0.336 e. The first-order valence-corrected chi connectivity index (χ1v) is 9.82. The van der Waals surface area contributed by atoms with Gasteiger partial charge in [0.05, 0.1) is 34.7 Å². The summed E-state index contributed by atoms with van der Waals surface area (Å²) in [4.78, 5) is 24.4. The Morgan fingerprint density at radius 3 is 3.00 bits per heavy atom. The van der Waals surface area contributed by atoms with Crippen molar-refractivity contribution >= 4 is 17.2 Å². The predicted molar refractivity (Wildman–Crippen MR) is 97.5 cm³/mol. The zero-order valence-corrected chi connectivity index (χ0v) is 15.8. The summed E-state index contributed by atoms with van der Waals surface area (Å²) in [5.41, 5.74) is 1.69. The minimum absolute atomic E-state index is 0.155. The highest BCUT2D eigenvalue weighted by Gasteiger charge is 2.55. The summed E-state index contributed by atoms with van der Waals surface area (Å²) in [7, 11) is 0. The number of aryl methyl sites for hydroxylation is 1. The molecule has 2 aromatic rings. The number of hydrogen-bond acceptors (Lipinski definition) is 5. The maximum absolute atomic E-state index is 13.3. The summed E-state index contributed by atoms with van der Waals surface area (Å²) in [6, 6.07) is 0.384. The third-order valence-electron chi connectivity index (χ3n) is 5.59. The van der Waals surface area contributed by atoms with E-state index in [0.29, 0.717) is 12.6 Å². The summed E-state index contributed by atoms with van der Waals surface area (Å²) in [5, 5.41) is 6.56. The Labute approximate surface area is 152 Å². The van der Waals surface area contributed by atoms with E-state index >= 15 is 0 Å². The molecule has 1 spiro atoms. The summed E-state index contributed by atoms with van der Waals surface area (Å²) in [6.07, 6.45) is 4.90. The number of amides is 1. The van der Waals surface area contributed by atoms with Crippen molar-refractivity contribution < 1.29 is 4.79 Å². The van der Waals surface area contributed by atoms with Crippen molar-refractivity contribution in [1.82, 2.24) is 24.8 Å². The molecule has 25 heavy (non-hydrogen) atoms. The Balaban J connectivity index is 1.56. The fourth-order valence-electron chi connectivity index (χ4n) is 4.13. The van der Waals surface area contributed by atoms with Crippen molar-refractivity contribution in [2.45, 2.75) is 45.7 Å². The molecule has 134 valence electrons. The van der Waals surface area contributed by atoms with Crippen LogP contribution in [0.2, 0.25) is 0 Å². The van der Waals surface area contributed by atoms with Gasteiger partial charge in [0.15, 0.2) is 0 Å². The van der Waals surface area contributed by atoms with Gasteiger partial charge in [-0.3, -0.25) is 4.79 Å². The van der Waals surface area contributed by atoms with E-state index < -0.39 is 0 Å². The van der Waals surface area contributed by atoms with Crippen molar-refractivity contribution in [2.24, 2.45) is 5.41 Å². The first kappa shape index (κ1) is 16.7. The van der Waals surface area contributed by atoms with Crippen LogP contribution in [0.4, 0.5) is 0 Å². The number of likely N-dealkylation sites (tertiary alicyclic amines) is 1. The zero-order chi connectivity index (χ0) is 17.6. The zero-order valence-electron chi connectivity index (χ0n) is 15.0. The molecule has 2 aliphatic rings. The van der Waals surface area contributed by atoms with Gasteiger partial charge in [-0.2, -0.15) is 0 Å². The van der Waals surface area contributed by atoms with Crippen LogP contribution in [0.1, 0.15) is 48.6 Å². The smallest absolute Gasteiger partial charge is 0.231 e. The lowest BCUT2D eigenvalue weighted by atomic mass is 9.75. The number of nitrogens with zero attached hydrogens (tertiary/aromatic N) is 4. The van der Waals surface area contributed by atoms with E-state index in [1.54, 1.807) is 11.3 Å².